The molecule has 18 heavy (non-hydrogen) atoms. The minimum atomic E-state index is -0.376. The normalized spacial score (nSPS) is 12.3. The van der Waals surface area contributed by atoms with Gasteiger partial charge in [-0.2, -0.15) is 0 Å². The molecule has 1 rings (SSSR count). The van der Waals surface area contributed by atoms with Gasteiger partial charge in [-0.1, -0.05) is 13.8 Å². The topological polar surface area (TPSA) is 71.5 Å². The van der Waals surface area contributed by atoms with Crippen molar-refractivity contribution >= 4 is 11.8 Å². The number of ether oxygens (including phenoxy) is 1. The molecule has 0 spiro atoms. The van der Waals surface area contributed by atoms with Gasteiger partial charge in [-0.05, 0) is 25.0 Å². The number of nitrogens with zero attached hydrogens (tertiary/aromatic N) is 1. The van der Waals surface area contributed by atoms with Crippen LogP contribution < -0.4 is 5.32 Å². The third-order valence-corrected chi connectivity index (χ3v) is 2.61. The third kappa shape index (κ3) is 4.00. The fraction of sp³-hybridized carbons (Fsp3) is 0.538. The molecule has 1 atom stereocenters. The molecule has 1 heterocycles. The van der Waals surface area contributed by atoms with E-state index in [1.54, 1.807) is 19.1 Å². The van der Waals surface area contributed by atoms with Crippen LogP contribution in [0.1, 0.15) is 31.1 Å². The molecular formula is C13H20N2O3. The number of aliphatic hydroxyl groups is 1. The van der Waals surface area contributed by atoms with Crippen molar-refractivity contribution in [2.75, 3.05) is 18.5 Å². The van der Waals surface area contributed by atoms with Gasteiger partial charge in [-0.3, -0.25) is 0 Å². The van der Waals surface area contributed by atoms with Gasteiger partial charge in [0.2, 0.25) is 0 Å². The van der Waals surface area contributed by atoms with Gasteiger partial charge in [0.1, 0.15) is 5.82 Å². The highest BCUT2D eigenvalue weighted by Gasteiger charge is 2.13. The second-order valence-electron chi connectivity index (χ2n) is 4.33. The average molecular weight is 252 g/mol. The Kier molecular flexibility index (Phi) is 5.58. The molecule has 0 bridgehead atoms. The van der Waals surface area contributed by atoms with Crippen molar-refractivity contribution in [2.24, 2.45) is 5.92 Å². The van der Waals surface area contributed by atoms with Crippen LogP contribution in [0.5, 0.6) is 0 Å². The molecule has 0 saturated carbocycles. The Morgan fingerprint density at radius 2 is 2.22 bits per heavy atom. The van der Waals surface area contributed by atoms with Crippen molar-refractivity contribution in [1.29, 1.82) is 0 Å². The van der Waals surface area contributed by atoms with Gasteiger partial charge in [0.15, 0.2) is 0 Å². The first-order valence-corrected chi connectivity index (χ1v) is 6.09. The van der Waals surface area contributed by atoms with Gasteiger partial charge in [0, 0.05) is 6.20 Å². The lowest BCUT2D eigenvalue weighted by Crippen LogP contribution is -2.29. The fourth-order valence-corrected chi connectivity index (χ4v) is 1.43. The summed E-state index contributed by atoms with van der Waals surface area (Å²) in [4.78, 5) is 15.5. The highest BCUT2D eigenvalue weighted by Crippen LogP contribution is 2.11. The van der Waals surface area contributed by atoms with E-state index >= 15 is 0 Å². The maximum Gasteiger partial charge on any atom is 0.339 e. The van der Waals surface area contributed by atoms with Crippen molar-refractivity contribution < 1.29 is 14.6 Å². The number of hydrogen-bond acceptors (Lipinski definition) is 5. The lowest BCUT2D eigenvalue weighted by molar-refractivity contribution is 0.0526. The first kappa shape index (κ1) is 14.4. The van der Waals surface area contributed by atoms with Crippen LogP contribution in [-0.2, 0) is 4.74 Å². The van der Waals surface area contributed by atoms with Crippen LogP contribution >= 0.6 is 0 Å². The van der Waals surface area contributed by atoms with Crippen molar-refractivity contribution in [3.63, 3.8) is 0 Å². The fourth-order valence-electron chi connectivity index (χ4n) is 1.43. The van der Waals surface area contributed by atoms with Gasteiger partial charge in [0.05, 0.1) is 24.8 Å². The number of hydrogen-bond donors (Lipinski definition) is 2. The predicted octanol–water partition coefficient (Wildman–Crippen LogP) is 1.69. The van der Waals surface area contributed by atoms with Crippen LogP contribution in [0, 0.1) is 5.92 Å². The van der Waals surface area contributed by atoms with Crippen LogP contribution in [0.4, 0.5) is 5.82 Å². The van der Waals surface area contributed by atoms with E-state index in [2.05, 4.69) is 10.3 Å². The first-order valence-electron chi connectivity index (χ1n) is 6.09. The summed E-state index contributed by atoms with van der Waals surface area (Å²) >= 11 is 0. The number of aromatic nitrogens is 1. The van der Waals surface area contributed by atoms with Gasteiger partial charge >= 0.3 is 5.97 Å². The Morgan fingerprint density at radius 1 is 1.50 bits per heavy atom. The Hall–Kier alpha value is -1.62. The monoisotopic (exact) mass is 252 g/mol. The average Bonchev–Trinajstić information content (AvgIpc) is 2.36. The zero-order valence-corrected chi connectivity index (χ0v) is 11.0. The van der Waals surface area contributed by atoms with Crippen LogP contribution in [0.3, 0.4) is 0 Å². The smallest absolute Gasteiger partial charge is 0.339 e. The number of esters is 1. The summed E-state index contributed by atoms with van der Waals surface area (Å²) in [5.74, 6) is 0.552. The molecule has 5 heteroatoms. The summed E-state index contributed by atoms with van der Waals surface area (Å²) in [5, 5.41) is 12.3. The molecule has 0 fully saturated rings. The summed E-state index contributed by atoms with van der Waals surface area (Å²) < 4.78 is 4.87. The highest BCUT2D eigenvalue weighted by atomic mass is 16.5. The molecule has 5 nitrogen and oxygen atoms in total. The zero-order chi connectivity index (χ0) is 13.5. The van der Waals surface area contributed by atoms with Crippen molar-refractivity contribution in [3.05, 3.63) is 23.9 Å². The van der Waals surface area contributed by atoms with Crippen molar-refractivity contribution in [1.82, 2.24) is 4.98 Å². The molecule has 0 aliphatic heterocycles. The standard InChI is InChI=1S/C13H20N2O3/c1-4-18-13(17)10-5-6-12(14-7-10)15-11(8-16)9(2)3/h5-7,9,11,16H,4,8H2,1-3H3,(H,14,15). The predicted molar refractivity (Wildman–Crippen MR) is 69.5 cm³/mol. The zero-order valence-electron chi connectivity index (χ0n) is 11.0. The van der Waals surface area contributed by atoms with E-state index in [1.165, 1.54) is 6.20 Å². The summed E-state index contributed by atoms with van der Waals surface area (Å²) in [6.07, 6.45) is 1.47. The van der Waals surface area contributed by atoms with Gasteiger partial charge in [-0.25, -0.2) is 9.78 Å². The molecule has 0 saturated heterocycles. The molecule has 0 radical (unpaired) electrons. The number of anilines is 1. The van der Waals surface area contributed by atoms with Crippen LogP contribution in [-0.4, -0.2) is 35.3 Å². The van der Waals surface area contributed by atoms with Crippen LogP contribution in [0.2, 0.25) is 0 Å². The van der Waals surface area contributed by atoms with E-state index in [4.69, 9.17) is 4.74 Å². The van der Waals surface area contributed by atoms with Crippen LogP contribution in [0.15, 0.2) is 18.3 Å². The number of pyridine rings is 1. The summed E-state index contributed by atoms with van der Waals surface area (Å²) in [6.45, 7) is 6.18. The summed E-state index contributed by atoms with van der Waals surface area (Å²) in [6, 6.07) is 3.31. The minimum absolute atomic E-state index is 0.0406. The molecule has 100 valence electrons. The molecule has 1 aromatic heterocycles. The minimum Gasteiger partial charge on any atom is -0.462 e. The van der Waals surface area contributed by atoms with E-state index in [0.717, 1.165) is 0 Å². The Morgan fingerprint density at radius 3 is 2.67 bits per heavy atom. The Bertz CT molecular complexity index is 376. The molecule has 0 aliphatic carbocycles. The SMILES string of the molecule is CCOC(=O)c1ccc(NC(CO)C(C)C)nc1. The molecule has 1 aromatic rings. The number of carbonyl (C=O) groups excluding carboxylic acids is 1. The van der Waals surface area contributed by atoms with E-state index in [-0.39, 0.29) is 18.6 Å². The Balaban J connectivity index is 2.68. The quantitative estimate of drug-likeness (QED) is 0.754. The van der Waals surface area contributed by atoms with Crippen LogP contribution in [0.25, 0.3) is 0 Å². The largest absolute Gasteiger partial charge is 0.462 e. The lowest BCUT2D eigenvalue weighted by Gasteiger charge is -2.20. The van der Waals surface area contributed by atoms with Gasteiger partial charge in [0.25, 0.3) is 0 Å². The maximum absolute atomic E-state index is 11.4. The number of nitrogens with one attached hydrogen (secondary N) is 1. The van der Waals surface area contributed by atoms with Crippen molar-refractivity contribution in [3.8, 4) is 0 Å². The van der Waals surface area contributed by atoms with E-state index in [9.17, 15) is 9.90 Å². The van der Waals surface area contributed by atoms with E-state index < -0.39 is 0 Å². The van der Waals surface area contributed by atoms with Gasteiger partial charge in [-0.15, -0.1) is 0 Å². The van der Waals surface area contributed by atoms with E-state index in [0.29, 0.717) is 23.9 Å². The first-order chi connectivity index (χ1) is 8.58. The number of carbonyl (C=O) groups is 1. The highest BCUT2D eigenvalue weighted by molar-refractivity contribution is 5.89. The second kappa shape index (κ2) is 6.96. The third-order valence-electron chi connectivity index (χ3n) is 2.61. The molecule has 0 aromatic carbocycles. The lowest BCUT2D eigenvalue weighted by atomic mass is 10.1. The molecule has 0 amide bonds. The second-order valence-corrected chi connectivity index (χ2v) is 4.33. The van der Waals surface area contributed by atoms with E-state index in [1.807, 2.05) is 13.8 Å². The van der Waals surface area contributed by atoms with Crippen molar-refractivity contribution in [2.45, 2.75) is 26.8 Å². The number of aliphatic hydroxyl groups excluding tert-OH is 1. The summed E-state index contributed by atoms with van der Waals surface area (Å²) in [7, 11) is 0. The molecule has 0 aliphatic rings. The Labute approximate surface area is 107 Å². The number of rotatable bonds is 6. The molecule has 2 N–H and O–H groups in total. The van der Waals surface area contributed by atoms with Gasteiger partial charge < -0.3 is 15.2 Å². The molecular weight excluding hydrogens is 232 g/mol. The maximum atomic E-state index is 11.4. The molecule has 1 unspecified atom stereocenters. The summed E-state index contributed by atoms with van der Waals surface area (Å²) in [5.41, 5.74) is 0.424.